The van der Waals surface area contributed by atoms with E-state index in [2.05, 4.69) is 26.6 Å². The van der Waals surface area contributed by atoms with E-state index in [-0.39, 0.29) is 6.73 Å². The van der Waals surface area contributed by atoms with Gasteiger partial charge in [-0.15, -0.1) is 5.11 Å². The van der Waals surface area contributed by atoms with Crippen LogP contribution in [-0.4, -0.2) is 11.8 Å². The van der Waals surface area contributed by atoms with Crippen molar-refractivity contribution >= 4 is 0 Å². The van der Waals surface area contributed by atoms with E-state index in [1.54, 1.807) is 0 Å². The fourth-order valence-electron chi connectivity index (χ4n) is 0.109. The second-order valence-corrected chi connectivity index (χ2v) is 0.698. The Morgan fingerprint density at radius 2 is 2.25 bits per heavy atom. The SMILES string of the molecule is NN=NNN=NCO. The highest BCUT2D eigenvalue weighted by Gasteiger charge is 1.64. The van der Waals surface area contributed by atoms with Gasteiger partial charge in [-0.1, -0.05) is 10.4 Å². The summed E-state index contributed by atoms with van der Waals surface area (Å²) in [7, 11) is 0. The Balaban J connectivity index is 3.03. The fourth-order valence-corrected chi connectivity index (χ4v) is 0.109. The van der Waals surface area contributed by atoms with Gasteiger partial charge in [-0.25, -0.2) is 0 Å². The molecule has 0 heterocycles. The molecule has 0 aliphatic carbocycles. The number of nitrogens with one attached hydrogen (secondary N) is 1. The van der Waals surface area contributed by atoms with E-state index >= 15 is 0 Å². The number of hydrogen-bond acceptors (Lipinski definition) is 5. The van der Waals surface area contributed by atoms with Crippen molar-refractivity contribution in [2.75, 3.05) is 6.73 Å². The van der Waals surface area contributed by atoms with E-state index in [1.165, 1.54) is 0 Å². The summed E-state index contributed by atoms with van der Waals surface area (Å²) in [5, 5.41) is 19.9. The van der Waals surface area contributed by atoms with E-state index in [9.17, 15) is 0 Å². The van der Waals surface area contributed by atoms with Crippen molar-refractivity contribution in [1.29, 1.82) is 0 Å². The molecule has 7 heteroatoms. The van der Waals surface area contributed by atoms with Crippen LogP contribution in [0.25, 0.3) is 0 Å². The molecule has 0 radical (unpaired) electrons. The van der Waals surface area contributed by atoms with Crippen molar-refractivity contribution in [3.63, 3.8) is 0 Å². The molecule has 8 heavy (non-hydrogen) atoms. The lowest BCUT2D eigenvalue weighted by molar-refractivity contribution is 0.296. The monoisotopic (exact) mass is 118 g/mol. The summed E-state index contributed by atoms with van der Waals surface area (Å²) in [6.07, 6.45) is 0. The predicted octanol–water partition coefficient (Wildman–Crippen LogP) is -0.866. The zero-order valence-electron chi connectivity index (χ0n) is 4.02. The van der Waals surface area contributed by atoms with E-state index in [1.807, 2.05) is 5.53 Å². The summed E-state index contributed by atoms with van der Waals surface area (Å²) in [6, 6.07) is 0. The largest absolute Gasteiger partial charge is 0.373 e. The Bertz CT molecular complexity index is 86.5. The van der Waals surface area contributed by atoms with Crippen LogP contribution in [0.3, 0.4) is 0 Å². The van der Waals surface area contributed by atoms with Crippen molar-refractivity contribution in [2.45, 2.75) is 0 Å². The summed E-state index contributed by atoms with van der Waals surface area (Å²) >= 11 is 0. The maximum absolute atomic E-state index is 7.96. The molecule has 0 unspecified atom stereocenters. The van der Waals surface area contributed by atoms with Crippen LogP contribution in [-0.2, 0) is 0 Å². The minimum atomic E-state index is -0.382. The number of aliphatic hydroxyl groups excluding tert-OH is 1. The van der Waals surface area contributed by atoms with Crippen LogP contribution in [0.15, 0.2) is 20.8 Å². The maximum atomic E-state index is 7.96. The molecule has 0 amide bonds. The molecule has 4 N–H and O–H groups in total. The zero-order valence-corrected chi connectivity index (χ0v) is 4.02. The van der Waals surface area contributed by atoms with Gasteiger partial charge < -0.3 is 10.9 Å². The third-order valence-electron chi connectivity index (χ3n) is 0.281. The van der Waals surface area contributed by atoms with Crippen LogP contribution in [0.4, 0.5) is 0 Å². The van der Waals surface area contributed by atoms with Gasteiger partial charge in [0, 0.05) is 0 Å². The first-order valence-corrected chi connectivity index (χ1v) is 1.74. The summed E-state index contributed by atoms with van der Waals surface area (Å²) in [6.45, 7) is -0.382. The van der Waals surface area contributed by atoms with Crippen molar-refractivity contribution in [3.8, 4) is 0 Å². The predicted molar refractivity (Wildman–Crippen MR) is 24.1 cm³/mol. The molecule has 0 atom stereocenters. The quantitative estimate of drug-likeness (QED) is 0.254. The Labute approximate surface area is 45.2 Å². The molecule has 0 aromatic heterocycles. The summed E-state index contributed by atoms with van der Waals surface area (Å²) < 4.78 is 0. The van der Waals surface area contributed by atoms with Gasteiger partial charge in [-0.3, -0.25) is 0 Å². The molecule has 0 aliphatic heterocycles. The van der Waals surface area contributed by atoms with Gasteiger partial charge in [0.2, 0.25) is 0 Å². The average Bonchev–Trinajstić information content (AvgIpc) is 1.81. The molecule has 0 spiro atoms. The summed E-state index contributed by atoms with van der Waals surface area (Å²) in [5.41, 5.74) is 1.97. The zero-order chi connectivity index (χ0) is 6.24. The average molecular weight is 118 g/mol. The highest BCUT2D eigenvalue weighted by molar-refractivity contribution is 4.09. The summed E-state index contributed by atoms with van der Waals surface area (Å²) in [5.74, 6) is 4.54. The Kier molecular flexibility index (Phi) is 4.87. The van der Waals surface area contributed by atoms with Crippen molar-refractivity contribution in [2.24, 2.45) is 26.6 Å². The second kappa shape index (κ2) is 5.76. The lowest BCUT2D eigenvalue weighted by Crippen LogP contribution is -1.92. The van der Waals surface area contributed by atoms with Crippen molar-refractivity contribution in [1.82, 2.24) is 5.53 Å². The van der Waals surface area contributed by atoms with E-state index in [0.29, 0.717) is 0 Å². The Morgan fingerprint density at radius 1 is 1.50 bits per heavy atom. The molecule has 7 nitrogen and oxygen atoms in total. The van der Waals surface area contributed by atoms with Crippen LogP contribution in [0.2, 0.25) is 0 Å². The maximum Gasteiger partial charge on any atom is 0.157 e. The highest BCUT2D eigenvalue weighted by Crippen LogP contribution is 1.64. The lowest BCUT2D eigenvalue weighted by atomic mass is 11.4. The Morgan fingerprint density at radius 3 is 2.75 bits per heavy atom. The van der Waals surface area contributed by atoms with Gasteiger partial charge in [-0.05, 0) is 5.22 Å². The van der Waals surface area contributed by atoms with Gasteiger partial charge >= 0.3 is 0 Å². The highest BCUT2D eigenvalue weighted by atomic mass is 16.3. The van der Waals surface area contributed by atoms with Gasteiger partial charge in [0.25, 0.3) is 0 Å². The van der Waals surface area contributed by atoms with Crippen LogP contribution >= 0.6 is 0 Å². The normalized spacial score (nSPS) is 11.1. The third-order valence-corrected chi connectivity index (χ3v) is 0.281. The van der Waals surface area contributed by atoms with Crippen LogP contribution < -0.4 is 11.4 Å². The minimum absolute atomic E-state index is 0.382. The van der Waals surface area contributed by atoms with Crippen molar-refractivity contribution < 1.29 is 5.11 Å². The number of nitrogens with zero attached hydrogens (tertiary/aromatic N) is 4. The van der Waals surface area contributed by atoms with Crippen LogP contribution in [0.1, 0.15) is 0 Å². The molecular weight excluding hydrogens is 112 g/mol. The summed E-state index contributed by atoms with van der Waals surface area (Å²) in [4.78, 5) is 0. The van der Waals surface area contributed by atoms with Crippen molar-refractivity contribution in [3.05, 3.63) is 0 Å². The minimum Gasteiger partial charge on any atom is -0.373 e. The van der Waals surface area contributed by atoms with E-state index < -0.39 is 0 Å². The first-order chi connectivity index (χ1) is 3.91. The number of hydrogen-bond donors (Lipinski definition) is 3. The first kappa shape index (κ1) is 6.76. The molecule has 0 fully saturated rings. The number of rotatable bonds is 3. The Hall–Kier alpha value is -1.24. The van der Waals surface area contributed by atoms with Gasteiger partial charge in [0.05, 0.1) is 0 Å². The number of aliphatic hydroxyl groups is 1. The standard InChI is InChI=1S/CH6N6O/c2-4-6-7-5-3-1-8/h8H,1H2,(H2,2,5,6)(H,3,4,7). The fraction of sp³-hybridized carbons (Fsp3) is 1.00. The van der Waals surface area contributed by atoms with E-state index in [0.717, 1.165) is 0 Å². The van der Waals surface area contributed by atoms with Gasteiger partial charge in [0.1, 0.15) is 0 Å². The molecule has 0 bridgehead atoms. The smallest absolute Gasteiger partial charge is 0.157 e. The first-order valence-electron chi connectivity index (χ1n) is 1.74. The third kappa shape index (κ3) is 4.76. The van der Waals surface area contributed by atoms with Gasteiger partial charge in [-0.2, -0.15) is 5.53 Å². The molecule has 0 aromatic rings. The van der Waals surface area contributed by atoms with E-state index in [4.69, 9.17) is 5.11 Å². The van der Waals surface area contributed by atoms with Crippen LogP contribution in [0.5, 0.6) is 0 Å². The topological polar surface area (TPSA) is 108 Å². The molecule has 0 saturated carbocycles. The number of nitrogens with two attached hydrogens (primary N) is 1. The second-order valence-electron chi connectivity index (χ2n) is 0.698. The molecule has 46 valence electrons. The van der Waals surface area contributed by atoms with Gasteiger partial charge in [0.15, 0.2) is 6.73 Å². The molecular formula is CH6N6O. The van der Waals surface area contributed by atoms with Crippen LogP contribution in [0, 0.1) is 0 Å². The lowest BCUT2D eigenvalue weighted by Gasteiger charge is -1.79. The molecule has 0 rings (SSSR count). The molecule has 0 aromatic carbocycles. The molecule has 0 saturated heterocycles. The molecule has 0 aliphatic rings.